The molecule has 1 atom stereocenters. The molecule has 2 nitrogen and oxygen atoms in total. The predicted molar refractivity (Wildman–Crippen MR) is 120 cm³/mol. The SMILES string of the molecule is CC(C)(C)[Si](C)(C)OC(COc1c(Br)cccc1Br)c1ccc(Cl)cc1. The highest BCUT2D eigenvalue weighted by Crippen LogP contribution is 2.40. The summed E-state index contributed by atoms with van der Waals surface area (Å²) in [4.78, 5) is 0. The Hall–Kier alpha value is -0.333. The quantitative estimate of drug-likeness (QED) is 0.359. The molecule has 0 spiro atoms. The minimum atomic E-state index is -1.97. The Morgan fingerprint density at radius 2 is 1.54 bits per heavy atom. The lowest BCUT2D eigenvalue weighted by atomic mass is 10.1. The van der Waals surface area contributed by atoms with Crippen LogP contribution < -0.4 is 4.74 Å². The Morgan fingerprint density at radius 1 is 1.00 bits per heavy atom. The molecule has 142 valence electrons. The third kappa shape index (κ3) is 5.58. The van der Waals surface area contributed by atoms with Gasteiger partial charge in [0, 0.05) is 5.02 Å². The lowest BCUT2D eigenvalue weighted by Gasteiger charge is -2.39. The van der Waals surface area contributed by atoms with Gasteiger partial charge >= 0.3 is 0 Å². The van der Waals surface area contributed by atoms with Gasteiger partial charge in [-0.2, -0.15) is 0 Å². The van der Waals surface area contributed by atoms with Crippen molar-refractivity contribution in [2.45, 2.75) is 45.0 Å². The summed E-state index contributed by atoms with van der Waals surface area (Å²) in [6.07, 6.45) is -0.160. The Morgan fingerprint density at radius 3 is 2.04 bits per heavy atom. The number of hydrogen-bond donors (Lipinski definition) is 0. The molecular formula is C20H25Br2ClO2Si. The molecule has 0 saturated carbocycles. The van der Waals surface area contributed by atoms with E-state index >= 15 is 0 Å². The highest BCUT2D eigenvalue weighted by atomic mass is 79.9. The molecule has 2 aromatic rings. The fourth-order valence-corrected chi connectivity index (χ4v) is 4.81. The molecule has 0 aliphatic carbocycles. The zero-order valence-corrected chi connectivity index (χ0v) is 20.7. The van der Waals surface area contributed by atoms with Crippen LogP contribution in [0.3, 0.4) is 0 Å². The van der Waals surface area contributed by atoms with Gasteiger partial charge in [-0.3, -0.25) is 0 Å². The van der Waals surface area contributed by atoms with Crippen LogP contribution in [0.5, 0.6) is 5.75 Å². The van der Waals surface area contributed by atoms with Gasteiger partial charge in [0.1, 0.15) is 18.5 Å². The van der Waals surface area contributed by atoms with Gasteiger partial charge in [-0.15, -0.1) is 0 Å². The van der Waals surface area contributed by atoms with Crippen LogP contribution in [0.25, 0.3) is 0 Å². The van der Waals surface area contributed by atoms with E-state index in [9.17, 15) is 0 Å². The second kappa shape index (κ2) is 8.78. The maximum absolute atomic E-state index is 6.67. The molecule has 6 heteroatoms. The molecule has 0 saturated heterocycles. The van der Waals surface area contributed by atoms with Crippen LogP contribution in [0.2, 0.25) is 23.2 Å². The van der Waals surface area contributed by atoms with Gasteiger partial charge in [-0.25, -0.2) is 0 Å². The Kier molecular flexibility index (Phi) is 7.42. The monoisotopic (exact) mass is 518 g/mol. The lowest BCUT2D eigenvalue weighted by molar-refractivity contribution is 0.115. The van der Waals surface area contributed by atoms with Gasteiger partial charge in [0.15, 0.2) is 8.32 Å². The van der Waals surface area contributed by atoms with Crippen molar-refractivity contribution in [2.75, 3.05) is 6.61 Å². The number of para-hydroxylation sites is 1. The molecular weight excluding hydrogens is 496 g/mol. The van der Waals surface area contributed by atoms with E-state index in [0.29, 0.717) is 11.6 Å². The van der Waals surface area contributed by atoms with Gasteiger partial charge in [-0.05, 0) is 79.8 Å². The molecule has 26 heavy (non-hydrogen) atoms. The molecule has 2 rings (SSSR count). The van der Waals surface area contributed by atoms with E-state index in [0.717, 1.165) is 20.3 Å². The maximum atomic E-state index is 6.67. The number of hydrogen-bond acceptors (Lipinski definition) is 2. The molecule has 0 heterocycles. The molecule has 0 amide bonds. The predicted octanol–water partition coefficient (Wildman–Crippen LogP) is 8.01. The van der Waals surface area contributed by atoms with E-state index in [1.54, 1.807) is 0 Å². The largest absolute Gasteiger partial charge is 0.488 e. The van der Waals surface area contributed by atoms with Gasteiger partial charge < -0.3 is 9.16 Å². The van der Waals surface area contributed by atoms with Crippen LogP contribution in [-0.2, 0) is 4.43 Å². The molecule has 0 aliphatic rings. The van der Waals surface area contributed by atoms with E-state index in [2.05, 4.69) is 65.7 Å². The molecule has 0 radical (unpaired) electrons. The van der Waals surface area contributed by atoms with E-state index in [-0.39, 0.29) is 11.1 Å². The first-order valence-corrected chi connectivity index (χ1v) is 13.4. The van der Waals surface area contributed by atoms with E-state index in [4.69, 9.17) is 20.8 Å². The summed E-state index contributed by atoms with van der Waals surface area (Å²) in [5.41, 5.74) is 1.07. The summed E-state index contributed by atoms with van der Waals surface area (Å²) in [6.45, 7) is 11.7. The minimum absolute atomic E-state index is 0.117. The molecule has 0 fully saturated rings. The highest BCUT2D eigenvalue weighted by molar-refractivity contribution is 9.11. The van der Waals surface area contributed by atoms with Crippen LogP contribution in [0.4, 0.5) is 0 Å². The number of ether oxygens (including phenoxy) is 1. The summed E-state index contributed by atoms with van der Waals surface area (Å²) in [5, 5.41) is 0.834. The fourth-order valence-electron chi connectivity index (χ4n) is 2.19. The summed E-state index contributed by atoms with van der Waals surface area (Å²) in [7, 11) is -1.97. The number of halogens is 3. The Balaban J connectivity index is 2.27. The molecule has 1 unspecified atom stereocenters. The van der Waals surface area contributed by atoms with Crippen molar-refractivity contribution < 1.29 is 9.16 Å². The smallest absolute Gasteiger partial charge is 0.193 e. The summed E-state index contributed by atoms with van der Waals surface area (Å²) in [5.74, 6) is 0.783. The Bertz CT molecular complexity index is 722. The van der Waals surface area contributed by atoms with Gasteiger partial charge in [0.25, 0.3) is 0 Å². The molecule has 2 aromatic carbocycles. The standard InChI is InChI=1S/C20H25Br2ClO2Si/c1-20(2,3)26(4,5)25-18(14-9-11-15(23)12-10-14)13-24-19-16(21)7-6-8-17(19)22/h6-12,18H,13H2,1-5H3. The van der Waals surface area contributed by atoms with E-state index in [1.807, 2.05) is 42.5 Å². The minimum Gasteiger partial charge on any atom is -0.488 e. The highest BCUT2D eigenvalue weighted by Gasteiger charge is 2.39. The van der Waals surface area contributed by atoms with Crippen molar-refractivity contribution in [3.8, 4) is 5.75 Å². The topological polar surface area (TPSA) is 18.5 Å². The van der Waals surface area contributed by atoms with E-state index in [1.165, 1.54) is 0 Å². The van der Waals surface area contributed by atoms with Crippen molar-refractivity contribution in [1.29, 1.82) is 0 Å². The second-order valence-electron chi connectivity index (χ2n) is 7.78. The van der Waals surface area contributed by atoms with Gasteiger partial charge in [0.2, 0.25) is 0 Å². The molecule has 0 aliphatic heterocycles. The maximum Gasteiger partial charge on any atom is 0.193 e. The fraction of sp³-hybridized carbons (Fsp3) is 0.400. The first kappa shape index (κ1) is 22.0. The summed E-state index contributed by atoms with van der Waals surface area (Å²) >= 11 is 13.2. The molecule has 0 N–H and O–H groups in total. The van der Waals surface area contributed by atoms with Crippen LogP contribution >= 0.6 is 43.5 Å². The Labute approximate surface area is 179 Å². The first-order valence-electron chi connectivity index (χ1n) is 8.51. The summed E-state index contributed by atoms with van der Waals surface area (Å²) in [6, 6.07) is 13.7. The second-order valence-corrected chi connectivity index (χ2v) is 14.7. The third-order valence-corrected chi connectivity index (χ3v) is 10.8. The first-order chi connectivity index (χ1) is 12.0. The number of rotatable bonds is 6. The molecule has 0 aromatic heterocycles. The van der Waals surface area contributed by atoms with E-state index < -0.39 is 8.32 Å². The van der Waals surface area contributed by atoms with Crippen LogP contribution in [0.15, 0.2) is 51.4 Å². The lowest BCUT2D eigenvalue weighted by Crippen LogP contribution is -2.42. The zero-order valence-electron chi connectivity index (χ0n) is 15.8. The van der Waals surface area contributed by atoms with Crippen molar-refractivity contribution in [1.82, 2.24) is 0 Å². The van der Waals surface area contributed by atoms with Crippen LogP contribution in [-0.4, -0.2) is 14.9 Å². The van der Waals surface area contributed by atoms with Crippen molar-refractivity contribution in [2.24, 2.45) is 0 Å². The normalized spacial score (nSPS) is 13.5. The van der Waals surface area contributed by atoms with Crippen LogP contribution in [0.1, 0.15) is 32.4 Å². The third-order valence-electron chi connectivity index (χ3n) is 4.78. The van der Waals surface area contributed by atoms with Crippen LogP contribution in [0, 0.1) is 0 Å². The zero-order chi connectivity index (χ0) is 19.5. The average Bonchev–Trinajstić information content (AvgIpc) is 2.53. The van der Waals surface area contributed by atoms with Gasteiger partial charge in [-0.1, -0.05) is 50.6 Å². The molecule has 0 bridgehead atoms. The van der Waals surface area contributed by atoms with Crippen molar-refractivity contribution in [3.63, 3.8) is 0 Å². The summed E-state index contributed by atoms with van der Waals surface area (Å²) < 4.78 is 14.6. The van der Waals surface area contributed by atoms with Crippen molar-refractivity contribution in [3.05, 3.63) is 62.0 Å². The average molecular weight is 521 g/mol. The van der Waals surface area contributed by atoms with Gasteiger partial charge in [0.05, 0.1) is 8.95 Å². The van der Waals surface area contributed by atoms with Crippen molar-refractivity contribution >= 4 is 51.8 Å². The number of benzene rings is 2.